The van der Waals surface area contributed by atoms with Crippen molar-refractivity contribution in [3.8, 4) is 5.75 Å². The van der Waals surface area contributed by atoms with Gasteiger partial charge in [-0.2, -0.15) is 0 Å². The second-order valence-corrected chi connectivity index (χ2v) is 8.96. The molecular weight excluding hydrogens is 334 g/mol. The van der Waals surface area contributed by atoms with Gasteiger partial charge in [-0.25, -0.2) is 0 Å². The number of hydrogen-bond acceptors (Lipinski definition) is 3. The van der Waals surface area contributed by atoms with Gasteiger partial charge < -0.3 is 10.2 Å². The Morgan fingerprint density at radius 1 is 1.22 bits per heavy atom. The Kier molecular flexibility index (Phi) is 3.90. The fourth-order valence-corrected chi connectivity index (χ4v) is 6.24. The Morgan fingerprint density at radius 2 is 2.11 bits per heavy atom. The van der Waals surface area contributed by atoms with Crippen LogP contribution in [0.5, 0.6) is 5.75 Å². The van der Waals surface area contributed by atoms with Crippen molar-refractivity contribution in [1.82, 2.24) is 4.98 Å². The molecule has 3 aliphatic carbocycles. The summed E-state index contributed by atoms with van der Waals surface area (Å²) in [5.41, 5.74) is 4.99. The molecule has 2 N–H and O–H groups in total. The first-order valence-electron chi connectivity index (χ1n) is 10.2. The molecule has 1 aromatic heterocycles. The van der Waals surface area contributed by atoms with Crippen molar-refractivity contribution in [3.63, 3.8) is 0 Å². The van der Waals surface area contributed by atoms with Crippen LogP contribution in [0.1, 0.15) is 55.2 Å². The Balaban J connectivity index is 1.49. The SMILES string of the molecule is CC12CCC3c4ccc(O)cc4CCC3C1C/C(=C\c1cccnc1)C2O. The summed E-state index contributed by atoms with van der Waals surface area (Å²) in [6, 6.07) is 9.94. The number of pyridine rings is 1. The van der Waals surface area contributed by atoms with Crippen molar-refractivity contribution >= 4 is 6.08 Å². The van der Waals surface area contributed by atoms with Crippen LogP contribution in [-0.2, 0) is 6.42 Å². The lowest BCUT2D eigenvalue weighted by Gasteiger charge is -2.49. The summed E-state index contributed by atoms with van der Waals surface area (Å²) in [5.74, 6) is 2.09. The first-order valence-corrected chi connectivity index (χ1v) is 10.2. The second-order valence-electron chi connectivity index (χ2n) is 8.96. The van der Waals surface area contributed by atoms with E-state index in [-0.39, 0.29) is 11.5 Å². The normalized spacial score (nSPS) is 36.1. The molecule has 5 atom stereocenters. The lowest BCUT2D eigenvalue weighted by Crippen LogP contribution is -2.44. The minimum Gasteiger partial charge on any atom is -0.508 e. The zero-order valence-corrected chi connectivity index (χ0v) is 15.8. The Bertz CT molecular complexity index is 891. The van der Waals surface area contributed by atoms with Crippen LogP contribution in [0.25, 0.3) is 6.08 Å². The van der Waals surface area contributed by atoms with E-state index in [1.165, 1.54) is 16.7 Å². The van der Waals surface area contributed by atoms with Gasteiger partial charge in [0.2, 0.25) is 0 Å². The van der Waals surface area contributed by atoms with Crippen LogP contribution in [0, 0.1) is 17.3 Å². The number of nitrogens with zero attached hydrogens (tertiary/aromatic N) is 1. The summed E-state index contributed by atoms with van der Waals surface area (Å²) in [4.78, 5) is 4.21. The fourth-order valence-electron chi connectivity index (χ4n) is 6.24. The second kappa shape index (κ2) is 6.20. The molecule has 0 saturated heterocycles. The summed E-state index contributed by atoms with van der Waals surface area (Å²) in [6.07, 6.45) is 10.8. The van der Waals surface area contributed by atoms with E-state index in [0.29, 0.717) is 23.5 Å². The number of aromatic hydroxyl groups is 1. The van der Waals surface area contributed by atoms with Gasteiger partial charge in [-0.1, -0.05) is 25.1 Å². The number of phenolic OH excluding ortho intramolecular Hbond substituents is 1. The van der Waals surface area contributed by atoms with Crippen molar-refractivity contribution in [3.05, 3.63) is 65.0 Å². The van der Waals surface area contributed by atoms with Crippen LogP contribution in [-0.4, -0.2) is 21.3 Å². The first kappa shape index (κ1) is 17.0. The number of hydrogen-bond donors (Lipinski definition) is 2. The summed E-state index contributed by atoms with van der Waals surface area (Å²) in [6.45, 7) is 2.30. The lowest BCUT2D eigenvalue weighted by atomic mass is 9.55. The van der Waals surface area contributed by atoms with E-state index in [2.05, 4.69) is 30.1 Å². The fraction of sp³-hybridized carbons (Fsp3) is 0.458. The average molecular weight is 361 g/mol. The molecule has 2 fully saturated rings. The summed E-state index contributed by atoms with van der Waals surface area (Å²) >= 11 is 0. The zero-order valence-electron chi connectivity index (χ0n) is 15.8. The maximum absolute atomic E-state index is 11.2. The molecular formula is C24H27NO2. The van der Waals surface area contributed by atoms with E-state index in [1.807, 2.05) is 24.4 Å². The van der Waals surface area contributed by atoms with Gasteiger partial charge in [-0.15, -0.1) is 0 Å². The molecule has 5 unspecified atom stereocenters. The lowest BCUT2D eigenvalue weighted by molar-refractivity contribution is -0.0158. The highest BCUT2D eigenvalue weighted by Gasteiger charge is 2.56. The third-order valence-corrected chi connectivity index (χ3v) is 7.62. The Morgan fingerprint density at radius 3 is 2.93 bits per heavy atom. The van der Waals surface area contributed by atoms with Crippen LogP contribution in [0.2, 0.25) is 0 Å². The number of phenols is 1. The molecule has 0 bridgehead atoms. The van der Waals surface area contributed by atoms with Crippen molar-refractivity contribution in [2.24, 2.45) is 17.3 Å². The molecule has 5 rings (SSSR count). The number of benzene rings is 1. The predicted octanol–water partition coefficient (Wildman–Crippen LogP) is 4.70. The van der Waals surface area contributed by atoms with E-state index < -0.39 is 0 Å². The van der Waals surface area contributed by atoms with Crippen LogP contribution < -0.4 is 0 Å². The van der Waals surface area contributed by atoms with E-state index in [0.717, 1.165) is 37.7 Å². The summed E-state index contributed by atoms with van der Waals surface area (Å²) in [7, 11) is 0. The maximum atomic E-state index is 11.2. The first-order chi connectivity index (χ1) is 13.1. The topological polar surface area (TPSA) is 53.4 Å². The predicted molar refractivity (Wildman–Crippen MR) is 106 cm³/mol. The standard InChI is InChI=1S/C24H27NO2/c1-24-9-8-20-19-7-5-18(26)12-16(19)4-6-21(20)22(24)13-17(23(24)27)11-15-3-2-10-25-14-15/h2-3,5,7,10-12,14,20-23,26-27H,4,6,8-9,13H2,1H3/b17-11+. The van der Waals surface area contributed by atoms with Gasteiger partial charge in [0.25, 0.3) is 0 Å². The highest BCUT2D eigenvalue weighted by atomic mass is 16.3. The summed E-state index contributed by atoms with van der Waals surface area (Å²) < 4.78 is 0. The third-order valence-electron chi connectivity index (χ3n) is 7.62. The number of aryl methyl sites for hydroxylation is 1. The molecule has 3 heteroatoms. The Hall–Kier alpha value is -2.13. The number of aromatic nitrogens is 1. The molecule has 0 radical (unpaired) electrons. The molecule has 2 saturated carbocycles. The van der Waals surface area contributed by atoms with Gasteiger partial charge in [0.15, 0.2) is 0 Å². The van der Waals surface area contributed by atoms with E-state index >= 15 is 0 Å². The van der Waals surface area contributed by atoms with Crippen LogP contribution in [0.4, 0.5) is 0 Å². The smallest absolute Gasteiger partial charge is 0.115 e. The largest absolute Gasteiger partial charge is 0.508 e. The van der Waals surface area contributed by atoms with E-state index in [4.69, 9.17) is 0 Å². The van der Waals surface area contributed by atoms with E-state index in [9.17, 15) is 10.2 Å². The molecule has 0 aliphatic heterocycles. The number of aliphatic hydroxyl groups excluding tert-OH is 1. The zero-order chi connectivity index (χ0) is 18.6. The van der Waals surface area contributed by atoms with Gasteiger partial charge in [0.05, 0.1) is 6.10 Å². The van der Waals surface area contributed by atoms with Gasteiger partial charge in [0, 0.05) is 17.8 Å². The monoisotopic (exact) mass is 361 g/mol. The molecule has 140 valence electrons. The molecule has 27 heavy (non-hydrogen) atoms. The minimum atomic E-state index is -0.357. The van der Waals surface area contributed by atoms with Gasteiger partial charge in [0.1, 0.15) is 5.75 Å². The van der Waals surface area contributed by atoms with Gasteiger partial charge >= 0.3 is 0 Å². The quantitative estimate of drug-likeness (QED) is 0.774. The number of aliphatic hydroxyl groups is 1. The Labute approximate surface area is 160 Å². The van der Waals surface area contributed by atoms with Crippen molar-refractivity contribution in [2.75, 3.05) is 0 Å². The minimum absolute atomic E-state index is 0.0242. The molecule has 0 amide bonds. The van der Waals surface area contributed by atoms with Crippen molar-refractivity contribution in [1.29, 1.82) is 0 Å². The van der Waals surface area contributed by atoms with Crippen LogP contribution in [0.15, 0.2) is 48.3 Å². The highest BCUT2D eigenvalue weighted by molar-refractivity contribution is 5.54. The number of fused-ring (bicyclic) bond motifs is 5. The van der Waals surface area contributed by atoms with Crippen molar-refractivity contribution in [2.45, 2.75) is 51.0 Å². The molecule has 2 aromatic rings. The van der Waals surface area contributed by atoms with Crippen molar-refractivity contribution < 1.29 is 10.2 Å². The summed E-state index contributed by atoms with van der Waals surface area (Å²) in [5, 5.41) is 21.0. The van der Waals surface area contributed by atoms with Gasteiger partial charge in [-0.05, 0) is 90.3 Å². The average Bonchev–Trinajstić information content (AvgIpc) is 2.93. The molecule has 3 nitrogen and oxygen atoms in total. The van der Waals surface area contributed by atoms with E-state index in [1.54, 1.807) is 6.20 Å². The third kappa shape index (κ3) is 2.63. The number of rotatable bonds is 1. The molecule has 3 aliphatic rings. The molecule has 1 heterocycles. The van der Waals surface area contributed by atoms with Crippen LogP contribution in [0.3, 0.4) is 0 Å². The molecule has 1 aromatic carbocycles. The highest BCUT2D eigenvalue weighted by Crippen LogP contribution is 2.62. The van der Waals surface area contributed by atoms with Crippen LogP contribution >= 0.6 is 0 Å². The molecule has 0 spiro atoms. The maximum Gasteiger partial charge on any atom is 0.115 e. The van der Waals surface area contributed by atoms with Gasteiger partial charge in [-0.3, -0.25) is 4.98 Å².